The smallest absolute Gasteiger partial charge is 0.192 e. The summed E-state index contributed by atoms with van der Waals surface area (Å²) in [6.45, 7) is 6.60. The highest BCUT2D eigenvalue weighted by Crippen LogP contribution is 2.25. The van der Waals surface area contributed by atoms with Crippen LogP contribution in [0, 0.1) is 6.92 Å². The third kappa shape index (κ3) is 3.68. The number of pyridine rings is 1. The Kier molecular flexibility index (Phi) is 4.88. The average molecular weight is 322 g/mol. The predicted octanol–water partition coefficient (Wildman–Crippen LogP) is 4.13. The summed E-state index contributed by atoms with van der Waals surface area (Å²) in [7, 11) is 0. The highest BCUT2D eigenvalue weighted by molar-refractivity contribution is 7.98. The van der Waals surface area contributed by atoms with Crippen molar-refractivity contribution in [1.29, 1.82) is 0 Å². The van der Waals surface area contributed by atoms with Gasteiger partial charge in [0.05, 0.1) is 0 Å². The molecule has 0 atom stereocenters. The number of aromatic nitrogens is 4. The van der Waals surface area contributed by atoms with Gasteiger partial charge in [-0.25, -0.2) is 0 Å². The lowest BCUT2D eigenvalue weighted by molar-refractivity contribution is 0.729. The zero-order valence-electron chi connectivity index (χ0n) is 13.0. The maximum Gasteiger partial charge on any atom is 0.192 e. The summed E-state index contributed by atoms with van der Waals surface area (Å²) in [5.41, 5.74) is 3.37. The first kappa shape index (κ1) is 15.5. The predicted molar refractivity (Wildman–Crippen MR) is 94.2 cm³/mol. The summed E-state index contributed by atoms with van der Waals surface area (Å²) >= 11 is 1.68. The number of benzene rings is 1. The summed E-state index contributed by atoms with van der Waals surface area (Å²) in [6.07, 6.45) is 3.62. The Hall–Kier alpha value is -2.40. The molecule has 0 unspecified atom stereocenters. The minimum atomic E-state index is 0.662. The maximum atomic E-state index is 4.37. The van der Waals surface area contributed by atoms with E-state index in [0.717, 1.165) is 22.4 Å². The van der Waals surface area contributed by atoms with Crippen LogP contribution in [0.4, 0.5) is 0 Å². The van der Waals surface area contributed by atoms with Crippen LogP contribution in [0.1, 0.15) is 11.1 Å². The molecule has 0 fully saturated rings. The van der Waals surface area contributed by atoms with E-state index in [4.69, 9.17) is 0 Å². The van der Waals surface area contributed by atoms with Gasteiger partial charge < -0.3 is 0 Å². The van der Waals surface area contributed by atoms with E-state index in [1.165, 1.54) is 11.1 Å². The molecule has 3 aromatic rings. The third-order valence-electron chi connectivity index (χ3n) is 3.37. The molecule has 0 aliphatic heterocycles. The minimum Gasteiger partial charge on any atom is -0.297 e. The van der Waals surface area contributed by atoms with Gasteiger partial charge in [0.15, 0.2) is 11.0 Å². The van der Waals surface area contributed by atoms with Crippen LogP contribution < -0.4 is 0 Å². The molecule has 23 heavy (non-hydrogen) atoms. The largest absolute Gasteiger partial charge is 0.297 e. The van der Waals surface area contributed by atoms with Crippen molar-refractivity contribution < 1.29 is 0 Å². The van der Waals surface area contributed by atoms with Gasteiger partial charge in [-0.3, -0.25) is 9.55 Å². The Morgan fingerprint density at radius 2 is 2.09 bits per heavy atom. The number of thioether (sulfide) groups is 1. The first-order valence-electron chi connectivity index (χ1n) is 7.42. The van der Waals surface area contributed by atoms with Crippen molar-refractivity contribution in [3.63, 3.8) is 0 Å². The number of hydrogen-bond acceptors (Lipinski definition) is 4. The Labute approximate surface area is 140 Å². The molecule has 0 saturated carbocycles. The normalized spacial score (nSPS) is 10.7. The standard InChI is InChI=1S/C18H18N4S/c1-3-11-22-17(16-9-4-5-10-19-16)20-21-18(22)23-13-15-8-6-7-14(2)12-15/h3-10,12H,1,11,13H2,2H3. The molecular weight excluding hydrogens is 304 g/mol. The van der Waals surface area contributed by atoms with E-state index in [9.17, 15) is 0 Å². The van der Waals surface area contributed by atoms with Gasteiger partial charge in [0, 0.05) is 18.5 Å². The highest BCUT2D eigenvalue weighted by atomic mass is 32.2. The van der Waals surface area contributed by atoms with Crippen LogP contribution in [0.2, 0.25) is 0 Å². The molecule has 3 rings (SSSR count). The molecule has 0 spiro atoms. The molecule has 0 bridgehead atoms. The Balaban J connectivity index is 1.85. The fourth-order valence-electron chi connectivity index (χ4n) is 2.32. The maximum absolute atomic E-state index is 4.37. The van der Waals surface area contributed by atoms with Gasteiger partial charge in [0.25, 0.3) is 0 Å². The quantitative estimate of drug-likeness (QED) is 0.505. The lowest BCUT2D eigenvalue weighted by atomic mass is 10.2. The zero-order valence-corrected chi connectivity index (χ0v) is 13.8. The fourth-order valence-corrected chi connectivity index (χ4v) is 3.21. The van der Waals surface area contributed by atoms with Crippen molar-refractivity contribution >= 4 is 11.8 Å². The Bertz CT molecular complexity index is 796. The molecule has 116 valence electrons. The van der Waals surface area contributed by atoms with Gasteiger partial charge in [-0.2, -0.15) is 0 Å². The van der Waals surface area contributed by atoms with Gasteiger partial charge in [0.1, 0.15) is 5.69 Å². The first-order valence-corrected chi connectivity index (χ1v) is 8.40. The second-order valence-corrected chi connectivity index (χ2v) is 6.14. The molecule has 0 aliphatic carbocycles. The molecule has 0 radical (unpaired) electrons. The molecule has 4 nitrogen and oxygen atoms in total. The second-order valence-electron chi connectivity index (χ2n) is 5.20. The molecule has 2 heterocycles. The van der Waals surface area contributed by atoms with Gasteiger partial charge in [-0.1, -0.05) is 53.7 Å². The SMILES string of the molecule is C=CCn1c(SCc2cccc(C)c2)nnc1-c1ccccn1. The zero-order chi connectivity index (χ0) is 16.1. The Morgan fingerprint density at radius 3 is 2.83 bits per heavy atom. The number of allylic oxidation sites excluding steroid dienone is 1. The van der Waals surface area contributed by atoms with Crippen LogP contribution in [-0.2, 0) is 12.3 Å². The van der Waals surface area contributed by atoms with Crippen LogP contribution in [0.25, 0.3) is 11.5 Å². The van der Waals surface area contributed by atoms with Crippen molar-refractivity contribution in [2.24, 2.45) is 0 Å². The number of hydrogen-bond donors (Lipinski definition) is 0. The van der Waals surface area contributed by atoms with Crippen molar-refractivity contribution in [3.05, 3.63) is 72.4 Å². The molecule has 0 aliphatic rings. The van der Waals surface area contributed by atoms with E-state index in [1.54, 1.807) is 18.0 Å². The topological polar surface area (TPSA) is 43.6 Å². The molecule has 0 amide bonds. The summed E-state index contributed by atoms with van der Waals surface area (Å²) in [6, 6.07) is 14.3. The van der Waals surface area contributed by atoms with Crippen LogP contribution in [0.3, 0.4) is 0 Å². The van der Waals surface area contributed by atoms with Gasteiger partial charge >= 0.3 is 0 Å². The van der Waals surface area contributed by atoms with Crippen molar-refractivity contribution in [2.75, 3.05) is 0 Å². The van der Waals surface area contributed by atoms with Crippen molar-refractivity contribution in [3.8, 4) is 11.5 Å². The molecular formula is C18H18N4S. The second kappa shape index (κ2) is 7.24. The van der Waals surface area contributed by atoms with E-state index in [0.29, 0.717) is 6.54 Å². The summed E-state index contributed by atoms with van der Waals surface area (Å²) in [5, 5.41) is 9.54. The van der Waals surface area contributed by atoms with Gasteiger partial charge in [-0.15, -0.1) is 16.8 Å². The minimum absolute atomic E-state index is 0.662. The lowest BCUT2D eigenvalue weighted by Gasteiger charge is -2.07. The summed E-state index contributed by atoms with van der Waals surface area (Å²) in [5.74, 6) is 1.64. The Morgan fingerprint density at radius 1 is 1.17 bits per heavy atom. The monoisotopic (exact) mass is 322 g/mol. The van der Waals surface area contributed by atoms with Crippen molar-refractivity contribution in [2.45, 2.75) is 24.4 Å². The molecule has 0 saturated heterocycles. The molecule has 0 N–H and O–H groups in total. The van der Waals surface area contributed by atoms with E-state index >= 15 is 0 Å². The average Bonchev–Trinajstić information content (AvgIpc) is 2.97. The van der Waals surface area contributed by atoms with E-state index in [-0.39, 0.29) is 0 Å². The van der Waals surface area contributed by atoms with Crippen LogP contribution in [-0.4, -0.2) is 19.7 Å². The number of nitrogens with zero attached hydrogens (tertiary/aromatic N) is 4. The molecule has 5 heteroatoms. The molecule has 2 aromatic heterocycles. The lowest BCUT2D eigenvalue weighted by Crippen LogP contribution is -2.01. The highest BCUT2D eigenvalue weighted by Gasteiger charge is 2.14. The van der Waals surface area contributed by atoms with E-state index in [2.05, 4.69) is 57.5 Å². The van der Waals surface area contributed by atoms with Crippen LogP contribution >= 0.6 is 11.8 Å². The fraction of sp³-hybridized carbons (Fsp3) is 0.167. The van der Waals surface area contributed by atoms with Crippen molar-refractivity contribution in [1.82, 2.24) is 19.7 Å². The number of rotatable bonds is 6. The first-order chi connectivity index (χ1) is 11.3. The summed E-state index contributed by atoms with van der Waals surface area (Å²) in [4.78, 5) is 4.37. The van der Waals surface area contributed by atoms with Gasteiger partial charge in [0.2, 0.25) is 0 Å². The molecule has 1 aromatic carbocycles. The van der Waals surface area contributed by atoms with E-state index in [1.807, 2.05) is 24.3 Å². The summed E-state index contributed by atoms with van der Waals surface area (Å²) < 4.78 is 2.05. The number of aryl methyl sites for hydroxylation is 1. The van der Waals surface area contributed by atoms with Crippen LogP contribution in [0.15, 0.2) is 66.5 Å². The van der Waals surface area contributed by atoms with E-state index < -0.39 is 0 Å². The third-order valence-corrected chi connectivity index (χ3v) is 4.41. The van der Waals surface area contributed by atoms with Gasteiger partial charge in [-0.05, 0) is 24.6 Å². The van der Waals surface area contributed by atoms with Crippen LogP contribution in [0.5, 0.6) is 0 Å².